The first kappa shape index (κ1) is 22.8. The minimum atomic E-state index is -0.645. The molecule has 1 N–H and O–H groups in total. The minimum absolute atomic E-state index is 0.00937. The molecule has 0 unspecified atom stereocenters. The molecule has 0 saturated carbocycles. The predicted octanol–water partition coefficient (Wildman–Crippen LogP) is 4.91. The van der Waals surface area contributed by atoms with Crippen molar-refractivity contribution in [1.82, 2.24) is 15.4 Å². The summed E-state index contributed by atoms with van der Waals surface area (Å²) in [5.41, 5.74) is 0.766. The number of imide groups is 1. The Morgan fingerprint density at radius 2 is 1.97 bits per heavy atom. The first-order chi connectivity index (χ1) is 15.9. The van der Waals surface area contributed by atoms with Crippen molar-refractivity contribution in [1.29, 1.82) is 0 Å². The Labute approximate surface area is 197 Å². The molecular weight excluding hydrogens is 469 g/mol. The van der Waals surface area contributed by atoms with Gasteiger partial charge in [0.25, 0.3) is 17.1 Å². The number of aromatic nitrogens is 1. The number of thioether (sulfide) groups is 1. The first-order valence-electron chi connectivity index (χ1n) is 9.86. The SMILES string of the molecule is Cc1onc(-c2c(F)cccc2Cl)c1C(=O)NCCN1C(=O)S/C(=C\c2ccccc2)C1=O. The molecule has 33 heavy (non-hydrogen) atoms. The van der Waals surface area contributed by atoms with Gasteiger partial charge in [-0.25, -0.2) is 4.39 Å². The maximum absolute atomic E-state index is 14.3. The molecule has 0 aliphatic carbocycles. The molecule has 168 valence electrons. The molecule has 3 aromatic rings. The number of carbonyl (C=O) groups excluding carboxylic acids is 3. The lowest BCUT2D eigenvalue weighted by Crippen LogP contribution is -2.37. The molecule has 4 rings (SSSR count). The van der Waals surface area contributed by atoms with Crippen molar-refractivity contribution < 1.29 is 23.3 Å². The Balaban J connectivity index is 1.45. The van der Waals surface area contributed by atoms with Crippen molar-refractivity contribution in [2.75, 3.05) is 13.1 Å². The zero-order valence-electron chi connectivity index (χ0n) is 17.3. The van der Waals surface area contributed by atoms with Crippen molar-refractivity contribution in [3.05, 3.63) is 81.2 Å². The highest BCUT2D eigenvalue weighted by molar-refractivity contribution is 8.18. The molecule has 0 atom stereocenters. The van der Waals surface area contributed by atoms with Crippen LogP contribution in [0.1, 0.15) is 21.7 Å². The molecule has 2 heterocycles. The van der Waals surface area contributed by atoms with Crippen LogP contribution in [0.25, 0.3) is 17.3 Å². The molecule has 3 amide bonds. The number of aryl methyl sites for hydroxylation is 1. The van der Waals surface area contributed by atoms with E-state index >= 15 is 0 Å². The molecule has 0 radical (unpaired) electrons. The van der Waals surface area contributed by atoms with Crippen LogP contribution in [0.2, 0.25) is 5.02 Å². The summed E-state index contributed by atoms with van der Waals surface area (Å²) in [4.78, 5) is 39.1. The number of halogens is 2. The summed E-state index contributed by atoms with van der Waals surface area (Å²) >= 11 is 6.94. The standard InChI is InChI=1S/C23H17ClFN3O4S/c1-13-18(20(27-32-13)19-15(24)8-5-9-16(19)25)21(29)26-10-11-28-22(30)17(33-23(28)31)12-14-6-3-2-4-7-14/h2-9,12H,10-11H2,1H3,(H,26,29)/b17-12-. The van der Waals surface area contributed by atoms with Gasteiger partial charge in [0.2, 0.25) is 0 Å². The molecule has 7 nitrogen and oxygen atoms in total. The molecule has 1 saturated heterocycles. The lowest BCUT2D eigenvalue weighted by Gasteiger charge is -2.13. The molecule has 0 bridgehead atoms. The van der Waals surface area contributed by atoms with Gasteiger partial charge in [-0.3, -0.25) is 19.3 Å². The van der Waals surface area contributed by atoms with Gasteiger partial charge >= 0.3 is 0 Å². The van der Waals surface area contributed by atoms with E-state index in [1.165, 1.54) is 25.1 Å². The largest absolute Gasteiger partial charge is 0.360 e. The van der Waals surface area contributed by atoms with Gasteiger partial charge in [-0.05, 0) is 42.5 Å². The minimum Gasteiger partial charge on any atom is -0.360 e. The summed E-state index contributed by atoms with van der Waals surface area (Å²) in [7, 11) is 0. The first-order valence-corrected chi connectivity index (χ1v) is 11.1. The molecule has 2 aromatic carbocycles. The number of nitrogens with one attached hydrogen (secondary N) is 1. The van der Waals surface area contributed by atoms with Gasteiger partial charge in [0.1, 0.15) is 22.8 Å². The zero-order valence-corrected chi connectivity index (χ0v) is 18.9. The van der Waals surface area contributed by atoms with Gasteiger partial charge in [-0.2, -0.15) is 0 Å². The fourth-order valence-corrected chi connectivity index (χ4v) is 4.41. The number of rotatable bonds is 6. The molecule has 0 spiro atoms. The van der Waals surface area contributed by atoms with Gasteiger partial charge in [-0.15, -0.1) is 0 Å². The second-order valence-electron chi connectivity index (χ2n) is 7.06. The highest BCUT2D eigenvalue weighted by Crippen LogP contribution is 2.34. The Morgan fingerprint density at radius 3 is 2.70 bits per heavy atom. The van der Waals surface area contributed by atoms with Gasteiger partial charge in [0.05, 0.1) is 15.5 Å². The Bertz CT molecular complexity index is 1260. The number of carbonyl (C=O) groups is 3. The summed E-state index contributed by atoms with van der Waals surface area (Å²) in [6.45, 7) is 1.48. The van der Waals surface area contributed by atoms with Gasteiger partial charge in [-0.1, -0.05) is 53.2 Å². The maximum Gasteiger partial charge on any atom is 0.293 e. The highest BCUT2D eigenvalue weighted by atomic mass is 35.5. The number of hydrogen-bond acceptors (Lipinski definition) is 6. The molecule has 1 aliphatic heterocycles. The monoisotopic (exact) mass is 485 g/mol. The van der Waals surface area contributed by atoms with E-state index in [9.17, 15) is 18.8 Å². The van der Waals surface area contributed by atoms with E-state index in [1.807, 2.05) is 30.3 Å². The number of nitrogens with zero attached hydrogens (tertiary/aromatic N) is 2. The fraction of sp³-hybridized carbons (Fsp3) is 0.130. The van der Waals surface area contributed by atoms with Crippen LogP contribution in [-0.2, 0) is 4.79 Å². The van der Waals surface area contributed by atoms with Crippen LogP contribution in [0.15, 0.2) is 58.0 Å². The summed E-state index contributed by atoms with van der Waals surface area (Å²) in [6.07, 6.45) is 1.65. The summed E-state index contributed by atoms with van der Waals surface area (Å²) in [6, 6.07) is 13.3. The fourth-order valence-electron chi connectivity index (χ4n) is 3.30. The third-order valence-electron chi connectivity index (χ3n) is 4.88. The lowest BCUT2D eigenvalue weighted by atomic mass is 10.0. The smallest absolute Gasteiger partial charge is 0.293 e. The van der Waals surface area contributed by atoms with Gasteiger partial charge < -0.3 is 9.84 Å². The third-order valence-corrected chi connectivity index (χ3v) is 6.10. The van der Waals surface area contributed by atoms with E-state index in [4.69, 9.17) is 16.1 Å². The van der Waals surface area contributed by atoms with E-state index in [-0.39, 0.29) is 40.7 Å². The van der Waals surface area contributed by atoms with Crippen LogP contribution >= 0.6 is 23.4 Å². The number of hydrogen-bond donors (Lipinski definition) is 1. The van der Waals surface area contributed by atoms with Gasteiger partial charge in [0, 0.05) is 13.1 Å². The van der Waals surface area contributed by atoms with Crippen LogP contribution in [0.5, 0.6) is 0 Å². The average Bonchev–Trinajstić information content (AvgIpc) is 3.28. The molecule has 1 fully saturated rings. The Morgan fingerprint density at radius 1 is 1.21 bits per heavy atom. The lowest BCUT2D eigenvalue weighted by molar-refractivity contribution is -0.122. The molecule has 1 aromatic heterocycles. The Kier molecular flexibility index (Phi) is 6.62. The van der Waals surface area contributed by atoms with Crippen LogP contribution in [0, 0.1) is 12.7 Å². The van der Waals surface area contributed by atoms with Crippen LogP contribution in [0.3, 0.4) is 0 Å². The van der Waals surface area contributed by atoms with E-state index in [2.05, 4.69) is 10.5 Å². The summed E-state index contributed by atoms with van der Waals surface area (Å²) in [5, 5.41) is 6.09. The van der Waals surface area contributed by atoms with E-state index < -0.39 is 22.9 Å². The van der Waals surface area contributed by atoms with E-state index in [0.717, 1.165) is 22.2 Å². The molecular formula is C23H17ClFN3O4S. The quantitative estimate of drug-likeness (QED) is 0.499. The highest BCUT2D eigenvalue weighted by Gasteiger charge is 2.35. The van der Waals surface area contributed by atoms with Crippen molar-refractivity contribution in [3.8, 4) is 11.3 Å². The number of amides is 3. The molecule has 10 heteroatoms. The zero-order chi connectivity index (χ0) is 23.5. The van der Waals surface area contributed by atoms with Crippen molar-refractivity contribution in [2.24, 2.45) is 0 Å². The third kappa shape index (κ3) is 4.69. The molecule has 1 aliphatic rings. The topological polar surface area (TPSA) is 92.5 Å². The summed E-state index contributed by atoms with van der Waals surface area (Å²) in [5.74, 6) is -1.48. The summed E-state index contributed by atoms with van der Waals surface area (Å²) < 4.78 is 19.4. The van der Waals surface area contributed by atoms with E-state index in [1.54, 1.807) is 6.08 Å². The van der Waals surface area contributed by atoms with Crippen LogP contribution in [-0.4, -0.2) is 40.2 Å². The van der Waals surface area contributed by atoms with Crippen LogP contribution < -0.4 is 5.32 Å². The van der Waals surface area contributed by atoms with Gasteiger partial charge in [0.15, 0.2) is 0 Å². The second-order valence-corrected chi connectivity index (χ2v) is 8.46. The maximum atomic E-state index is 14.3. The second kappa shape index (κ2) is 9.60. The van der Waals surface area contributed by atoms with E-state index in [0.29, 0.717) is 4.91 Å². The predicted molar refractivity (Wildman–Crippen MR) is 123 cm³/mol. The van der Waals surface area contributed by atoms with Crippen molar-refractivity contribution >= 4 is 46.5 Å². The average molecular weight is 486 g/mol. The normalized spacial score (nSPS) is 14.9. The van der Waals surface area contributed by atoms with Crippen molar-refractivity contribution in [2.45, 2.75) is 6.92 Å². The van der Waals surface area contributed by atoms with Crippen molar-refractivity contribution in [3.63, 3.8) is 0 Å². The van der Waals surface area contributed by atoms with Crippen LogP contribution in [0.4, 0.5) is 9.18 Å². The Hall–Kier alpha value is -3.43. The number of benzene rings is 2.